The van der Waals surface area contributed by atoms with Crippen LogP contribution < -0.4 is 24.4 Å². The molecule has 1 heterocycles. The molecule has 0 saturated carbocycles. The summed E-state index contributed by atoms with van der Waals surface area (Å²) in [5.41, 5.74) is 3.34. The van der Waals surface area contributed by atoms with Crippen LogP contribution in [0.4, 0.5) is 0 Å². The molecule has 0 aliphatic heterocycles. The minimum absolute atomic E-state index is 0.0000430. The van der Waals surface area contributed by atoms with Crippen molar-refractivity contribution < 1.29 is 28.5 Å². The van der Waals surface area contributed by atoms with Crippen LogP contribution in [0.1, 0.15) is 16.7 Å². The van der Waals surface area contributed by atoms with E-state index in [1.807, 2.05) is 97.1 Å². The second kappa shape index (κ2) is 13.1. The fourth-order valence-electron chi connectivity index (χ4n) is 4.79. The van der Waals surface area contributed by atoms with Gasteiger partial charge in [0.05, 0.1) is 7.11 Å². The molecule has 0 bridgehead atoms. The van der Waals surface area contributed by atoms with Crippen LogP contribution >= 0.6 is 0 Å². The first-order valence-electron chi connectivity index (χ1n) is 14.1. The fraction of sp³-hybridized carbons (Fsp3) is 0.108. The highest BCUT2D eigenvalue weighted by atomic mass is 16.5. The highest BCUT2D eigenvalue weighted by Gasteiger charge is 2.21. The van der Waals surface area contributed by atoms with Crippen LogP contribution in [0.25, 0.3) is 22.3 Å². The molecule has 0 aliphatic carbocycles. The third-order valence-electron chi connectivity index (χ3n) is 7.06. The van der Waals surface area contributed by atoms with Gasteiger partial charge in [0, 0.05) is 17.7 Å². The van der Waals surface area contributed by atoms with E-state index in [1.165, 1.54) is 19.2 Å². The molecule has 0 saturated heterocycles. The Bertz CT molecular complexity index is 1920. The molecule has 0 spiro atoms. The van der Waals surface area contributed by atoms with Crippen LogP contribution in [-0.2, 0) is 19.8 Å². The van der Waals surface area contributed by atoms with Gasteiger partial charge in [-0.3, -0.25) is 4.79 Å². The van der Waals surface area contributed by atoms with Gasteiger partial charge in [-0.1, -0.05) is 91.0 Å². The molecular formula is C37H30O7. The van der Waals surface area contributed by atoms with E-state index in [2.05, 4.69) is 0 Å². The quantitative estimate of drug-likeness (QED) is 0.165. The predicted octanol–water partition coefficient (Wildman–Crippen LogP) is 7.91. The standard InChI is InChI=1S/C37H30O7/c1-40-34-21-33-35(37(36(34)39)43-24-27-15-9-4-10-16-27)29(38)20-31(44-33)28-17-18-30(41-22-25-11-5-2-6-12-25)32(19-28)42-23-26-13-7-3-8-14-26/h2-21,39H,22-24H2,1H3. The molecule has 6 rings (SSSR count). The molecular weight excluding hydrogens is 556 g/mol. The van der Waals surface area contributed by atoms with Crippen LogP contribution in [0.5, 0.6) is 28.7 Å². The van der Waals surface area contributed by atoms with Crippen molar-refractivity contribution in [1.82, 2.24) is 0 Å². The van der Waals surface area contributed by atoms with Crippen molar-refractivity contribution in [2.75, 3.05) is 7.11 Å². The van der Waals surface area contributed by atoms with Crippen molar-refractivity contribution in [2.45, 2.75) is 19.8 Å². The van der Waals surface area contributed by atoms with Gasteiger partial charge >= 0.3 is 0 Å². The third-order valence-corrected chi connectivity index (χ3v) is 7.06. The average molecular weight is 587 g/mol. The smallest absolute Gasteiger partial charge is 0.201 e. The Kier molecular flexibility index (Phi) is 8.46. The fourth-order valence-corrected chi connectivity index (χ4v) is 4.79. The minimum Gasteiger partial charge on any atom is -0.502 e. The molecule has 0 radical (unpaired) electrons. The Morgan fingerprint density at radius 3 is 1.73 bits per heavy atom. The maximum atomic E-state index is 13.5. The van der Waals surface area contributed by atoms with Crippen molar-refractivity contribution in [2.24, 2.45) is 0 Å². The van der Waals surface area contributed by atoms with Crippen LogP contribution in [-0.4, -0.2) is 12.2 Å². The molecule has 1 N–H and O–H groups in total. The molecule has 0 atom stereocenters. The predicted molar refractivity (Wildman–Crippen MR) is 168 cm³/mol. The van der Waals surface area contributed by atoms with Gasteiger partial charge < -0.3 is 28.5 Å². The number of ether oxygens (including phenoxy) is 4. The van der Waals surface area contributed by atoms with Gasteiger partial charge in [0.15, 0.2) is 28.4 Å². The lowest BCUT2D eigenvalue weighted by molar-refractivity contribution is 0.256. The normalized spacial score (nSPS) is 10.8. The van der Waals surface area contributed by atoms with Crippen LogP contribution in [0, 0.1) is 0 Å². The summed E-state index contributed by atoms with van der Waals surface area (Å²) in [5, 5.41) is 11.0. The minimum atomic E-state index is -0.376. The van der Waals surface area contributed by atoms with Crippen molar-refractivity contribution in [3.63, 3.8) is 0 Å². The molecule has 0 aliphatic rings. The second-order valence-corrected chi connectivity index (χ2v) is 10.1. The Morgan fingerprint density at radius 2 is 1.16 bits per heavy atom. The van der Waals surface area contributed by atoms with Crippen LogP contribution in [0.2, 0.25) is 0 Å². The molecule has 0 amide bonds. The van der Waals surface area contributed by atoms with Gasteiger partial charge in [-0.2, -0.15) is 0 Å². The van der Waals surface area contributed by atoms with Crippen molar-refractivity contribution in [1.29, 1.82) is 0 Å². The number of hydrogen-bond donors (Lipinski definition) is 1. The van der Waals surface area contributed by atoms with E-state index in [-0.39, 0.29) is 40.3 Å². The monoisotopic (exact) mass is 586 g/mol. The molecule has 5 aromatic carbocycles. The molecule has 7 nitrogen and oxygen atoms in total. The number of benzene rings is 5. The molecule has 220 valence electrons. The zero-order chi connectivity index (χ0) is 30.3. The van der Waals surface area contributed by atoms with Gasteiger partial charge in [-0.25, -0.2) is 0 Å². The van der Waals surface area contributed by atoms with E-state index in [9.17, 15) is 9.90 Å². The average Bonchev–Trinajstić information content (AvgIpc) is 3.07. The lowest BCUT2D eigenvalue weighted by Gasteiger charge is -2.16. The number of methoxy groups -OCH3 is 1. The number of phenols is 1. The summed E-state index contributed by atoms with van der Waals surface area (Å²) in [5.74, 6) is 1.22. The zero-order valence-electron chi connectivity index (χ0n) is 24.1. The topological polar surface area (TPSA) is 87.4 Å². The Labute approximate surface area is 254 Å². The molecule has 6 aromatic rings. The molecule has 0 unspecified atom stereocenters. The summed E-state index contributed by atoms with van der Waals surface area (Å²) in [6.07, 6.45) is 0. The highest BCUT2D eigenvalue weighted by molar-refractivity contribution is 5.90. The van der Waals surface area contributed by atoms with Crippen molar-refractivity contribution in [3.8, 4) is 40.1 Å². The van der Waals surface area contributed by atoms with E-state index < -0.39 is 0 Å². The van der Waals surface area contributed by atoms with E-state index in [0.717, 1.165) is 16.7 Å². The van der Waals surface area contributed by atoms with E-state index in [4.69, 9.17) is 23.4 Å². The number of phenolic OH excluding ortho intramolecular Hbond substituents is 1. The molecule has 44 heavy (non-hydrogen) atoms. The number of fused-ring (bicyclic) bond motifs is 1. The zero-order valence-corrected chi connectivity index (χ0v) is 24.1. The summed E-state index contributed by atoms with van der Waals surface area (Å²) < 4.78 is 29.9. The second-order valence-electron chi connectivity index (χ2n) is 10.1. The van der Waals surface area contributed by atoms with Crippen molar-refractivity contribution >= 4 is 11.0 Å². The first-order valence-corrected chi connectivity index (χ1v) is 14.1. The van der Waals surface area contributed by atoms with Crippen LogP contribution in [0.3, 0.4) is 0 Å². The number of aromatic hydroxyl groups is 1. The summed E-state index contributed by atoms with van der Waals surface area (Å²) in [6, 6.07) is 37.4. The maximum Gasteiger partial charge on any atom is 0.201 e. The molecule has 7 heteroatoms. The van der Waals surface area contributed by atoms with Crippen LogP contribution in [0.15, 0.2) is 131 Å². The SMILES string of the molecule is COc1cc2oc(-c3ccc(OCc4ccccc4)c(OCc4ccccc4)c3)cc(=O)c2c(OCc2ccccc2)c1O. The van der Waals surface area contributed by atoms with Gasteiger partial charge in [0.2, 0.25) is 5.75 Å². The van der Waals surface area contributed by atoms with Gasteiger partial charge in [0.1, 0.15) is 36.6 Å². The number of rotatable bonds is 11. The Morgan fingerprint density at radius 1 is 0.614 bits per heavy atom. The lowest BCUT2D eigenvalue weighted by Crippen LogP contribution is -2.06. The van der Waals surface area contributed by atoms with E-state index in [1.54, 1.807) is 12.1 Å². The third kappa shape index (κ3) is 6.37. The van der Waals surface area contributed by atoms with Gasteiger partial charge in [-0.15, -0.1) is 0 Å². The van der Waals surface area contributed by atoms with Crippen molar-refractivity contribution in [3.05, 3.63) is 148 Å². The Balaban J connectivity index is 1.36. The summed E-state index contributed by atoms with van der Waals surface area (Å²) >= 11 is 0. The van der Waals surface area contributed by atoms with E-state index in [0.29, 0.717) is 36.0 Å². The summed E-state index contributed by atoms with van der Waals surface area (Å²) in [6.45, 7) is 0.832. The van der Waals surface area contributed by atoms with Gasteiger partial charge in [-0.05, 0) is 34.9 Å². The Hall–Kier alpha value is -5.69. The first kappa shape index (κ1) is 28.4. The lowest BCUT2D eigenvalue weighted by atomic mass is 10.1. The van der Waals surface area contributed by atoms with E-state index >= 15 is 0 Å². The first-order chi connectivity index (χ1) is 21.6. The summed E-state index contributed by atoms with van der Waals surface area (Å²) in [7, 11) is 1.42. The largest absolute Gasteiger partial charge is 0.502 e. The summed E-state index contributed by atoms with van der Waals surface area (Å²) in [4.78, 5) is 13.5. The van der Waals surface area contributed by atoms with Gasteiger partial charge in [0.25, 0.3) is 0 Å². The molecule has 1 aromatic heterocycles. The molecule has 0 fully saturated rings. The number of hydrogen-bond acceptors (Lipinski definition) is 7. The maximum absolute atomic E-state index is 13.5. The highest BCUT2D eigenvalue weighted by Crippen LogP contribution is 2.43.